The molecule has 1 amide bonds. The Morgan fingerprint density at radius 1 is 1.83 bits per heavy atom. The lowest BCUT2D eigenvalue weighted by atomic mass is 10.3. The van der Waals surface area contributed by atoms with Gasteiger partial charge in [0.1, 0.15) is 0 Å². The maximum absolute atomic E-state index is 11.1. The van der Waals surface area contributed by atoms with Crippen molar-refractivity contribution in [2.75, 3.05) is 6.54 Å². The second-order valence-corrected chi connectivity index (χ2v) is 2.10. The van der Waals surface area contributed by atoms with Gasteiger partial charge < -0.3 is 5.32 Å². The van der Waals surface area contributed by atoms with Gasteiger partial charge in [0.2, 0.25) is 0 Å². The minimum absolute atomic E-state index is 0.161. The Balaban J connectivity index is 2.43. The van der Waals surface area contributed by atoms with Crippen molar-refractivity contribution in [1.29, 1.82) is 0 Å². The van der Waals surface area contributed by atoms with E-state index >= 15 is 0 Å². The van der Waals surface area contributed by atoms with Crippen molar-refractivity contribution in [2.24, 2.45) is 0 Å². The van der Waals surface area contributed by atoms with Gasteiger partial charge in [-0.3, -0.25) is 9.89 Å². The summed E-state index contributed by atoms with van der Waals surface area (Å²) < 4.78 is 0. The molecule has 0 radical (unpaired) electrons. The number of H-pyrrole nitrogens is 1. The van der Waals surface area contributed by atoms with Crippen LogP contribution in [0.25, 0.3) is 0 Å². The lowest BCUT2D eigenvalue weighted by molar-refractivity contribution is 0.0959. The van der Waals surface area contributed by atoms with Gasteiger partial charge in [0.25, 0.3) is 5.91 Å². The number of hydrogen-bond donors (Lipinski definition) is 2. The molecule has 0 aliphatic heterocycles. The third-order valence-corrected chi connectivity index (χ3v) is 1.27. The molecule has 4 heteroatoms. The van der Waals surface area contributed by atoms with Gasteiger partial charge in [-0.15, -0.1) is 5.92 Å². The van der Waals surface area contributed by atoms with Gasteiger partial charge in [0.15, 0.2) is 0 Å². The highest BCUT2D eigenvalue weighted by molar-refractivity contribution is 5.93. The van der Waals surface area contributed by atoms with E-state index in [1.54, 1.807) is 6.92 Å². The van der Waals surface area contributed by atoms with Gasteiger partial charge in [-0.25, -0.2) is 0 Å². The predicted octanol–water partition coefficient (Wildman–Crippen LogP) is 0.163. The van der Waals surface area contributed by atoms with Crippen LogP contribution in [0.4, 0.5) is 0 Å². The number of nitrogens with zero attached hydrogens (tertiary/aromatic N) is 1. The van der Waals surface area contributed by atoms with Crippen LogP contribution in [0.5, 0.6) is 0 Å². The predicted molar refractivity (Wildman–Crippen MR) is 44.4 cm³/mol. The lowest BCUT2D eigenvalue weighted by Gasteiger charge is -1.95. The molecular weight excluding hydrogens is 154 g/mol. The number of carbonyl (C=O) groups is 1. The summed E-state index contributed by atoms with van der Waals surface area (Å²) in [4.78, 5) is 11.1. The Morgan fingerprint density at radius 2 is 2.67 bits per heavy atom. The fraction of sp³-hybridized carbons (Fsp3) is 0.250. The molecule has 12 heavy (non-hydrogen) atoms. The van der Waals surface area contributed by atoms with Gasteiger partial charge >= 0.3 is 0 Å². The van der Waals surface area contributed by atoms with Gasteiger partial charge in [-0.1, -0.05) is 5.92 Å². The Kier molecular flexibility index (Phi) is 2.91. The summed E-state index contributed by atoms with van der Waals surface area (Å²) in [6.45, 7) is 2.10. The molecule has 1 aromatic heterocycles. The monoisotopic (exact) mass is 163 g/mol. The second kappa shape index (κ2) is 4.19. The second-order valence-electron chi connectivity index (χ2n) is 2.10. The van der Waals surface area contributed by atoms with E-state index in [9.17, 15) is 4.79 Å². The maximum atomic E-state index is 11.1. The molecule has 0 atom stereocenters. The van der Waals surface area contributed by atoms with Crippen molar-refractivity contribution >= 4 is 5.91 Å². The van der Waals surface area contributed by atoms with E-state index < -0.39 is 0 Å². The number of amides is 1. The Bertz CT molecular complexity index is 305. The zero-order chi connectivity index (χ0) is 8.81. The van der Waals surface area contributed by atoms with Gasteiger partial charge in [-0.05, 0) is 6.92 Å². The van der Waals surface area contributed by atoms with Crippen molar-refractivity contribution in [3.8, 4) is 11.8 Å². The molecule has 1 heterocycles. The van der Waals surface area contributed by atoms with Gasteiger partial charge in [0, 0.05) is 6.20 Å². The quantitative estimate of drug-likeness (QED) is 0.610. The Morgan fingerprint density at radius 3 is 3.25 bits per heavy atom. The molecule has 0 aliphatic carbocycles. The zero-order valence-corrected chi connectivity index (χ0v) is 6.72. The molecule has 4 nitrogen and oxygen atoms in total. The number of nitrogens with one attached hydrogen (secondary N) is 2. The third kappa shape index (κ3) is 2.13. The van der Waals surface area contributed by atoms with E-state index in [4.69, 9.17) is 0 Å². The van der Waals surface area contributed by atoms with Crippen LogP contribution in [0.3, 0.4) is 0 Å². The van der Waals surface area contributed by atoms with Crippen LogP contribution in [0.15, 0.2) is 12.4 Å². The molecule has 1 aromatic rings. The van der Waals surface area contributed by atoms with E-state index in [2.05, 4.69) is 27.4 Å². The summed E-state index contributed by atoms with van der Waals surface area (Å²) in [7, 11) is 0. The van der Waals surface area contributed by atoms with Crippen LogP contribution < -0.4 is 5.32 Å². The molecule has 0 fully saturated rings. The van der Waals surface area contributed by atoms with Gasteiger partial charge in [0.05, 0.1) is 18.3 Å². The highest BCUT2D eigenvalue weighted by Gasteiger charge is 2.03. The number of aromatic nitrogens is 2. The molecule has 0 bridgehead atoms. The first kappa shape index (κ1) is 8.34. The highest BCUT2D eigenvalue weighted by Crippen LogP contribution is 1.91. The molecule has 0 unspecified atom stereocenters. The van der Waals surface area contributed by atoms with E-state index in [0.717, 1.165) is 0 Å². The SMILES string of the molecule is CC#CCNC(=O)c1cn[nH]c1. The summed E-state index contributed by atoms with van der Waals surface area (Å²) in [6, 6.07) is 0. The molecule has 0 aromatic carbocycles. The normalized spacial score (nSPS) is 8.42. The number of hydrogen-bond acceptors (Lipinski definition) is 2. The maximum Gasteiger partial charge on any atom is 0.255 e. The molecule has 0 spiro atoms. The van der Waals surface area contributed by atoms with Crippen LogP contribution in [-0.2, 0) is 0 Å². The fourth-order valence-electron chi connectivity index (χ4n) is 0.690. The fourth-order valence-corrected chi connectivity index (χ4v) is 0.690. The van der Waals surface area contributed by atoms with Crippen molar-refractivity contribution in [3.63, 3.8) is 0 Å². The van der Waals surface area contributed by atoms with E-state index in [1.807, 2.05) is 0 Å². The van der Waals surface area contributed by atoms with Crippen LogP contribution in [-0.4, -0.2) is 22.6 Å². The van der Waals surface area contributed by atoms with Crippen molar-refractivity contribution in [2.45, 2.75) is 6.92 Å². The smallest absolute Gasteiger partial charge is 0.255 e. The van der Waals surface area contributed by atoms with Crippen molar-refractivity contribution in [3.05, 3.63) is 18.0 Å². The van der Waals surface area contributed by atoms with E-state index in [1.165, 1.54) is 12.4 Å². The topological polar surface area (TPSA) is 57.8 Å². The van der Waals surface area contributed by atoms with Crippen LogP contribution in [0.1, 0.15) is 17.3 Å². The summed E-state index contributed by atoms with van der Waals surface area (Å²) in [5, 5.41) is 8.82. The average molecular weight is 163 g/mol. The molecule has 1 rings (SSSR count). The number of rotatable bonds is 2. The molecule has 0 aliphatic rings. The number of aromatic amines is 1. The Hall–Kier alpha value is -1.76. The van der Waals surface area contributed by atoms with Gasteiger partial charge in [-0.2, -0.15) is 5.10 Å². The lowest BCUT2D eigenvalue weighted by Crippen LogP contribution is -2.22. The standard InChI is InChI=1S/C8H9N3O/c1-2-3-4-9-8(12)7-5-10-11-6-7/h5-6H,4H2,1H3,(H,9,12)(H,10,11). The largest absolute Gasteiger partial charge is 0.341 e. The summed E-state index contributed by atoms with van der Waals surface area (Å²) in [5.41, 5.74) is 0.521. The summed E-state index contributed by atoms with van der Waals surface area (Å²) in [5.74, 6) is 5.25. The third-order valence-electron chi connectivity index (χ3n) is 1.27. The van der Waals surface area contributed by atoms with Crippen molar-refractivity contribution < 1.29 is 4.79 Å². The number of carbonyl (C=O) groups excluding carboxylic acids is 1. The highest BCUT2D eigenvalue weighted by atomic mass is 16.1. The summed E-state index contributed by atoms with van der Waals surface area (Å²) in [6.07, 6.45) is 3.00. The molecule has 62 valence electrons. The van der Waals surface area contributed by atoms with Crippen LogP contribution >= 0.6 is 0 Å². The molecular formula is C8H9N3O. The first-order chi connectivity index (χ1) is 5.84. The average Bonchev–Trinajstić information content (AvgIpc) is 2.56. The van der Waals surface area contributed by atoms with Crippen LogP contribution in [0, 0.1) is 11.8 Å². The first-order valence-electron chi connectivity index (χ1n) is 3.51. The van der Waals surface area contributed by atoms with Crippen molar-refractivity contribution in [1.82, 2.24) is 15.5 Å². The minimum atomic E-state index is -0.161. The molecule has 0 saturated carbocycles. The zero-order valence-electron chi connectivity index (χ0n) is 6.72. The summed E-state index contributed by atoms with van der Waals surface area (Å²) >= 11 is 0. The minimum Gasteiger partial charge on any atom is -0.341 e. The Labute approximate surface area is 70.4 Å². The van der Waals surface area contributed by atoms with Crippen LogP contribution in [0.2, 0.25) is 0 Å². The first-order valence-corrected chi connectivity index (χ1v) is 3.51. The van der Waals surface area contributed by atoms with E-state index in [0.29, 0.717) is 12.1 Å². The molecule has 0 saturated heterocycles. The van der Waals surface area contributed by atoms with E-state index in [-0.39, 0.29) is 5.91 Å². The molecule has 2 N–H and O–H groups in total.